The van der Waals surface area contributed by atoms with E-state index in [0.29, 0.717) is 51.3 Å². The van der Waals surface area contributed by atoms with E-state index in [1.54, 1.807) is 20.1 Å². The highest BCUT2D eigenvalue weighted by Crippen LogP contribution is 2.32. The van der Waals surface area contributed by atoms with Crippen molar-refractivity contribution in [2.75, 3.05) is 59.7 Å². The van der Waals surface area contributed by atoms with Crippen LogP contribution in [0.1, 0.15) is 39.2 Å². The number of hydrogen-bond acceptors (Lipinski definition) is 7. The Labute approximate surface area is 214 Å². The van der Waals surface area contributed by atoms with E-state index in [0.717, 1.165) is 11.1 Å². The predicted octanol–water partition coefficient (Wildman–Crippen LogP) is 2.10. The Morgan fingerprint density at radius 2 is 2.03 bits per heavy atom. The zero-order valence-corrected chi connectivity index (χ0v) is 22.1. The van der Waals surface area contributed by atoms with Gasteiger partial charge in [0.1, 0.15) is 5.75 Å². The SMILES string of the molecule is CCOC(=O)C1(CCCOC)CNC(=O)CN(CC=C(C)C)CCNC(=O)COc2cccc(c2)C1. The highest BCUT2D eigenvalue weighted by Gasteiger charge is 2.40. The maximum absolute atomic E-state index is 13.3. The molecule has 0 aliphatic carbocycles. The molecule has 2 amide bonds. The molecule has 0 saturated heterocycles. The summed E-state index contributed by atoms with van der Waals surface area (Å²) in [5.41, 5.74) is 1.02. The van der Waals surface area contributed by atoms with Gasteiger partial charge in [-0.1, -0.05) is 23.8 Å². The number of fused-ring (bicyclic) bond motifs is 2. The lowest BCUT2D eigenvalue weighted by atomic mass is 9.77. The summed E-state index contributed by atoms with van der Waals surface area (Å²) in [5.74, 6) is -0.235. The number of benzene rings is 1. The molecule has 0 fully saturated rings. The molecule has 36 heavy (non-hydrogen) atoms. The minimum atomic E-state index is -0.970. The fourth-order valence-corrected chi connectivity index (χ4v) is 4.09. The van der Waals surface area contributed by atoms with Crippen LogP contribution in [0.3, 0.4) is 0 Å². The summed E-state index contributed by atoms with van der Waals surface area (Å²) in [5, 5.41) is 5.84. The lowest BCUT2D eigenvalue weighted by molar-refractivity contribution is -0.156. The quantitative estimate of drug-likeness (QED) is 0.318. The summed E-state index contributed by atoms with van der Waals surface area (Å²) < 4.78 is 16.4. The molecule has 1 aliphatic heterocycles. The van der Waals surface area contributed by atoms with Gasteiger partial charge in [0.25, 0.3) is 5.91 Å². The van der Waals surface area contributed by atoms with Gasteiger partial charge in [-0.2, -0.15) is 0 Å². The van der Waals surface area contributed by atoms with Crippen molar-refractivity contribution < 1.29 is 28.6 Å². The fraction of sp³-hybridized carbons (Fsp3) is 0.593. The summed E-state index contributed by atoms with van der Waals surface area (Å²) in [6, 6.07) is 7.34. The Balaban J connectivity index is 2.38. The van der Waals surface area contributed by atoms with Gasteiger partial charge < -0.3 is 24.8 Å². The first-order chi connectivity index (χ1) is 17.3. The van der Waals surface area contributed by atoms with Crippen LogP contribution in [0, 0.1) is 5.41 Å². The molecule has 0 spiro atoms. The van der Waals surface area contributed by atoms with E-state index in [9.17, 15) is 14.4 Å². The smallest absolute Gasteiger partial charge is 0.314 e. The Kier molecular flexibility index (Phi) is 12.4. The molecule has 2 rings (SSSR count). The standard InChI is InChI=1S/C27H41N3O6/c1-5-35-26(33)27(11-7-15-34-4)17-22-8-6-9-23(16-22)36-19-25(32)28-12-14-30(13-10-21(2)3)18-24(31)29-20-27/h6,8-10,16H,5,7,11-15,17-20H2,1-4H3,(H,28,32)(H,29,31). The van der Waals surface area contributed by atoms with E-state index in [2.05, 4.69) is 10.6 Å². The number of ether oxygens (including phenoxy) is 3. The van der Waals surface area contributed by atoms with Crippen LogP contribution in [-0.4, -0.2) is 82.3 Å². The number of amides is 2. The molecule has 1 aromatic rings. The van der Waals surface area contributed by atoms with Crippen molar-refractivity contribution in [3.05, 3.63) is 41.5 Å². The van der Waals surface area contributed by atoms with Gasteiger partial charge in [-0.25, -0.2) is 0 Å². The first kappa shape index (κ1) is 29.3. The van der Waals surface area contributed by atoms with Crippen molar-refractivity contribution in [3.8, 4) is 5.75 Å². The second-order valence-electron chi connectivity index (χ2n) is 9.35. The van der Waals surface area contributed by atoms with Gasteiger partial charge in [0.2, 0.25) is 5.91 Å². The Morgan fingerprint density at radius 3 is 2.75 bits per heavy atom. The molecule has 0 radical (unpaired) electrons. The van der Waals surface area contributed by atoms with Crippen LogP contribution in [0.25, 0.3) is 0 Å². The highest BCUT2D eigenvalue weighted by molar-refractivity contribution is 5.81. The van der Waals surface area contributed by atoms with E-state index >= 15 is 0 Å². The maximum Gasteiger partial charge on any atom is 0.314 e. The lowest BCUT2D eigenvalue weighted by Gasteiger charge is -2.32. The third kappa shape index (κ3) is 9.99. The van der Waals surface area contributed by atoms with Crippen LogP contribution in [0.2, 0.25) is 0 Å². The summed E-state index contributed by atoms with van der Waals surface area (Å²) in [7, 11) is 1.62. The molecule has 1 aromatic carbocycles. The molecule has 9 nitrogen and oxygen atoms in total. The van der Waals surface area contributed by atoms with Crippen molar-refractivity contribution in [1.29, 1.82) is 0 Å². The number of esters is 1. The predicted molar refractivity (Wildman–Crippen MR) is 138 cm³/mol. The fourth-order valence-electron chi connectivity index (χ4n) is 4.09. The zero-order chi connectivity index (χ0) is 26.4. The van der Waals surface area contributed by atoms with Gasteiger partial charge in [-0.15, -0.1) is 0 Å². The largest absolute Gasteiger partial charge is 0.484 e. The highest BCUT2D eigenvalue weighted by atomic mass is 16.5. The number of carbonyl (C=O) groups is 3. The number of hydrogen-bond donors (Lipinski definition) is 2. The number of methoxy groups -OCH3 is 1. The number of allylic oxidation sites excluding steroid dienone is 1. The van der Waals surface area contributed by atoms with Crippen molar-refractivity contribution in [1.82, 2.24) is 15.5 Å². The number of nitrogens with zero attached hydrogens (tertiary/aromatic N) is 1. The van der Waals surface area contributed by atoms with Crippen LogP contribution in [0.15, 0.2) is 35.9 Å². The average Bonchev–Trinajstić information content (AvgIpc) is 2.84. The molecule has 2 N–H and O–H groups in total. The van der Waals surface area contributed by atoms with Crippen LogP contribution >= 0.6 is 0 Å². The molecule has 0 aromatic heterocycles. The normalized spacial score (nSPS) is 20.0. The molecule has 1 heterocycles. The van der Waals surface area contributed by atoms with Gasteiger partial charge in [0.15, 0.2) is 6.61 Å². The Morgan fingerprint density at radius 1 is 1.22 bits per heavy atom. The minimum absolute atomic E-state index is 0.116. The molecule has 1 unspecified atom stereocenters. The van der Waals surface area contributed by atoms with Gasteiger partial charge in [0.05, 0.1) is 18.6 Å². The van der Waals surface area contributed by atoms with Crippen molar-refractivity contribution >= 4 is 17.8 Å². The summed E-state index contributed by atoms with van der Waals surface area (Å²) in [6.45, 7) is 8.13. The first-order valence-corrected chi connectivity index (χ1v) is 12.5. The molecule has 200 valence electrons. The molecule has 0 saturated carbocycles. The van der Waals surface area contributed by atoms with Crippen molar-refractivity contribution in [2.45, 2.75) is 40.0 Å². The van der Waals surface area contributed by atoms with E-state index in [-0.39, 0.29) is 44.1 Å². The number of carbonyl (C=O) groups excluding carboxylic acids is 3. The second kappa shape index (κ2) is 15.3. The molecular formula is C27H41N3O6. The summed E-state index contributed by atoms with van der Waals surface area (Å²) >= 11 is 0. The van der Waals surface area contributed by atoms with Gasteiger partial charge in [-0.3, -0.25) is 19.3 Å². The molecule has 1 atom stereocenters. The van der Waals surface area contributed by atoms with Crippen molar-refractivity contribution in [3.63, 3.8) is 0 Å². The Bertz CT molecular complexity index is 899. The maximum atomic E-state index is 13.3. The third-order valence-electron chi connectivity index (χ3n) is 6.02. The number of rotatable bonds is 8. The summed E-state index contributed by atoms with van der Waals surface area (Å²) in [6.07, 6.45) is 3.50. The molecule has 2 bridgehead atoms. The van der Waals surface area contributed by atoms with Crippen molar-refractivity contribution in [2.24, 2.45) is 5.41 Å². The van der Waals surface area contributed by atoms with Crippen LogP contribution in [0.4, 0.5) is 0 Å². The second-order valence-corrected chi connectivity index (χ2v) is 9.35. The molecular weight excluding hydrogens is 462 g/mol. The van der Waals surface area contributed by atoms with E-state index < -0.39 is 5.41 Å². The zero-order valence-electron chi connectivity index (χ0n) is 22.1. The Hall–Kier alpha value is -2.91. The third-order valence-corrected chi connectivity index (χ3v) is 6.02. The van der Waals surface area contributed by atoms with Crippen LogP contribution in [-0.2, 0) is 30.3 Å². The van der Waals surface area contributed by atoms with Gasteiger partial charge in [0, 0.05) is 39.9 Å². The van der Waals surface area contributed by atoms with E-state index in [4.69, 9.17) is 14.2 Å². The van der Waals surface area contributed by atoms with Crippen LogP contribution in [0.5, 0.6) is 5.75 Å². The minimum Gasteiger partial charge on any atom is -0.484 e. The van der Waals surface area contributed by atoms with Gasteiger partial charge >= 0.3 is 5.97 Å². The first-order valence-electron chi connectivity index (χ1n) is 12.5. The topological polar surface area (TPSA) is 106 Å². The van der Waals surface area contributed by atoms with E-state index in [1.807, 2.05) is 43.0 Å². The monoisotopic (exact) mass is 503 g/mol. The van der Waals surface area contributed by atoms with Gasteiger partial charge in [-0.05, 0) is 57.7 Å². The number of nitrogens with one attached hydrogen (secondary N) is 2. The summed E-state index contributed by atoms with van der Waals surface area (Å²) in [4.78, 5) is 40.6. The molecule has 9 heteroatoms. The van der Waals surface area contributed by atoms with Crippen LogP contribution < -0.4 is 15.4 Å². The lowest BCUT2D eigenvalue weighted by Crippen LogP contribution is -2.48. The average molecular weight is 504 g/mol. The van der Waals surface area contributed by atoms with E-state index in [1.165, 1.54) is 0 Å². The molecule has 1 aliphatic rings.